The number of hydrogen-bond donors (Lipinski definition) is 1. The lowest BCUT2D eigenvalue weighted by atomic mass is 10.2. The summed E-state index contributed by atoms with van der Waals surface area (Å²) >= 11 is 0. The van der Waals surface area contributed by atoms with E-state index in [2.05, 4.69) is 19.5 Å². The Kier molecular flexibility index (Phi) is 5.94. The Morgan fingerprint density at radius 1 is 1.17 bits per heavy atom. The Balaban J connectivity index is 3.15. The number of anilines is 1. The van der Waals surface area contributed by atoms with Crippen LogP contribution in [0, 0.1) is 5.82 Å². The molecule has 0 aliphatic carbocycles. The minimum atomic E-state index is -5.09. The molecule has 0 saturated heterocycles. The molecule has 0 unspecified atom stereocenters. The number of ether oxygens (including phenoxy) is 3. The average Bonchev–Trinajstić information content (AvgIpc) is 2.48. The molecule has 23 heavy (non-hydrogen) atoms. The van der Waals surface area contributed by atoms with E-state index in [-0.39, 0.29) is 0 Å². The van der Waals surface area contributed by atoms with Gasteiger partial charge in [-0.15, -0.1) is 13.2 Å². The Bertz CT molecular complexity index is 627. The van der Waals surface area contributed by atoms with Crippen molar-refractivity contribution in [1.29, 1.82) is 0 Å². The van der Waals surface area contributed by atoms with Crippen molar-refractivity contribution in [2.45, 2.75) is 6.36 Å². The van der Waals surface area contributed by atoms with Gasteiger partial charge in [-0.3, -0.25) is 0 Å². The molecule has 1 rings (SSSR count). The number of halogens is 4. The SMILES string of the molecule is COC(=O)/C=C(/Nc1cccc(OC(F)(F)F)c1F)C(=O)OC. The van der Waals surface area contributed by atoms with Crippen molar-refractivity contribution in [1.82, 2.24) is 0 Å². The fraction of sp³-hybridized carbons (Fsp3) is 0.231. The number of rotatable bonds is 5. The summed E-state index contributed by atoms with van der Waals surface area (Å²) in [5.74, 6) is -4.53. The largest absolute Gasteiger partial charge is 0.573 e. The number of benzene rings is 1. The summed E-state index contributed by atoms with van der Waals surface area (Å²) in [6.07, 6.45) is -4.44. The van der Waals surface area contributed by atoms with Gasteiger partial charge in [0.15, 0.2) is 11.6 Å². The van der Waals surface area contributed by atoms with E-state index in [4.69, 9.17) is 0 Å². The van der Waals surface area contributed by atoms with Crippen molar-refractivity contribution in [3.05, 3.63) is 35.8 Å². The molecule has 0 fully saturated rings. The second kappa shape index (κ2) is 7.47. The van der Waals surface area contributed by atoms with Crippen molar-refractivity contribution in [3.8, 4) is 5.75 Å². The molecule has 0 aliphatic heterocycles. The number of methoxy groups -OCH3 is 2. The molecule has 126 valence electrons. The molecule has 0 amide bonds. The third-order valence-electron chi connectivity index (χ3n) is 2.33. The summed E-state index contributed by atoms with van der Waals surface area (Å²) in [4.78, 5) is 22.7. The van der Waals surface area contributed by atoms with Gasteiger partial charge in [0.05, 0.1) is 26.0 Å². The van der Waals surface area contributed by atoms with E-state index in [9.17, 15) is 27.2 Å². The molecular weight excluding hydrogens is 326 g/mol. The van der Waals surface area contributed by atoms with Crippen molar-refractivity contribution in [2.24, 2.45) is 0 Å². The number of carbonyl (C=O) groups excluding carboxylic acids is 2. The highest BCUT2D eigenvalue weighted by molar-refractivity contribution is 5.98. The van der Waals surface area contributed by atoms with Gasteiger partial charge in [0, 0.05) is 0 Å². The second-order valence-electron chi connectivity index (χ2n) is 3.86. The standard InChI is InChI=1S/C13H11F4NO5/c1-21-10(19)6-8(12(20)22-2)18-7-4-3-5-9(11(7)14)23-13(15,16)17/h3-6,18H,1-2H3/b8-6+. The summed E-state index contributed by atoms with van der Waals surface area (Å²) < 4.78 is 62.6. The van der Waals surface area contributed by atoms with E-state index >= 15 is 0 Å². The molecule has 1 aromatic carbocycles. The number of esters is 2. The van der Waals surface area contributed by atoms with Crippen LogP contribution in [0.2, 0.25) is 0 Å². The van der Waals surface area contributed by atoms with E-state index in [1.807, 2.05) is 0 Å². The van der Waals surface area contributed by atoms with E-state index < -0.39 is 41.3 Å². The van der Waals surface area contributed by atoms with Crippen LogP contribution < -0.4 is 10.1 Å². The summed E-state index contributed by atoms with van der Waals surface area (Å²) in [5, 5.41) is 2.15. The van der Waals surface area contributed by atoms with Gasteiger partial charge in [-0.2, -0.15) is 0 Å². The second-order valence-corrected chi connectivity index (χ2v) is 3.86. The Morgan fingerprint density at radius 2 is 1.83 bits per heavy atom. The first-order valence-corrected chi connectivity index (χ1v) is 5.87. The Labute approximate surface area is 127 Å². The quantitative estimate of drug-likeness (QED) is 0.505. The summed E-state index contributed by atoms with van der Waals surface area (Å²) in [6, 6.07) is 2.84. The van der Waals surface area contributed by atoms with Crippen LogP contribution in [0.15, 0.2) is 30.0 Å². The van der Waals surface area contributed by atoms with E-state index in [1.54, 1.807) is 0 Å². The molecule has 10 heteroatoms. The topological polar surface area (TPSA) is 73.9 Å². The van der Waals surface area contributed by atoms with Gasteiger partial charge in [0.25, 0.3) is 0 Å². The minimum Gasteiger partial charge on any atom is -0.466 e. The van der Waals surface area contributed by atoms with E-state index in [0.29, 0.717) is 6.08 Å². The zero-order valence-corrected chi connectivity index (χ0v) is 11.9. The lowest BCUT2D eigenvalue weighted by molar-refractivity contribution is -0.275. The van der Waals surface area contributed by atoms with Crippen molar-refractivity contribution in [3.63, 3.8) is 0 Å². The molecule has 6 nitrogen and oxygen atoms in total. The maximum absolute atomic E-state index is 14.0. The first-order valence-electron chi connectivity index (χ1n) is 5.87. The summed E-state index contributed by atoms with van der Waals surface area (Å²) in [7, 11) is 2.03. The molecule has 0 spiro atoms. The molecule has 0 saturated carbocycles. The fourth-order valence-electron chi connectivity index (χ4n) is 1.39. The predicted molar refractivity (Wildman–Crippen MR) is 68.8 cm³/mol. The van der Waals surface area contributed by atoms with Crippen molar-refractivity contribution < 1.29 is 41.4 Å². The molecule has 0 aliphatic rings. The van der Waals surface area contributed by atoms with Crippen LogP contribution >= 0.6 is 0 Å². The summed E-state index contributed by atoms with van der Waals surface area (Å²) in [6.45, 7) is 0. The molecule has 1 N–H and O–H groups in total. The average molecular weight is 337 g/mol. The normalized spacial score (nSPS) is 11.7. The lowest BCUT2D eigenvalue weighted by Gasteiger charge is -2.13. The van der Waals surface area contributed by atoms with Gasteiger partial charge >= 0.3 is 18.3 Å². The highest BCUT2D eigenvalue weighted by Crippen LogP contribution is 2.30. The third kappa shape index (κ3) is 5.49. The van der Waals surface area contributed by atoms with Gasteiger partial charge in [-0.25, -0.2) is 14.0 Å². The smallest absolute Gasteiger partial charge is 0.466 e. The van der Waals surface area contributed by atoms with Crippen LogP contribution in [0.25, 0.3) is 0 Å². The molecule has 0 radical (unpaired) electrons. The number of nitrogens with one attached hydrogen (secondary N) is 1. The van der Waals surface area contributed by atoms with E-state index in [0.717, 1.165) is 32.4 Å². The first-order chi connectivity index (χ1) is 10.7. The summed E-state index contributed by atoms with van der Waals surface area (Å²) in [5.41, 5.74) is -1.07. The maximum atomic E-state index is 14.0. The Hall–Kier alpha value is -2.78. The van der Waals surface area contributed by atoms with Crippen molar-refractivity contribution >= 4 is 17.6 Å². The van der Waals surface area contributed by atoms with Crippen LogP contribution in [0.3, 0.4) is 0 Å². The van der Waals surface area contributed by atoms with Gasteiger partial charge in [0.2, 0.25) is 0 Å². The zero-order chi connectivity index (χ0) is 17.6. The third-order valence-corrected chi connectivity index (χ3v) is 2.33. The predicted octanol–water partition coefficient (Wildman–Crippen LogP) is 2.37. The van der Waals surface area contributed by atoms with Crippen molar-refractivity contribution in [2.75, 3.05) is 19.5 Å². The number of carbonyl (C=O) groups is 2. The number of hydrogen-bond acceptors (Lipinski definition) is 6. The lowest BCUT2D eigenvalue weighted by Crippen LogP contribution is -2.19. The highest BCUT2D eigenvalue weighted by Gasteiger charge is 2.33. The van der Waals surface area contributed by atoms with Gasteiger partial charge in [-0.05, 0) is 12.1 Å². The van der Waals surface area contributed by atoms with Crippen LogP contribution in [0.5, 0.6) is 5.75 Å². The monoisotopic (exact) mass is 337 g/mol. The van der Waals surface area contributed by atoms with Crippen LogP contribution in [0.1, 0.15) is 0 Å². The minimum absolute atomic E-state index is 0.535. The molecular formula is C13H11F4NO5. The fourth-order valence-corrected chi connectivity index (χ4v) is 1.39. The zero-order valence-electron chi connectivity index (χ0n) is 11.9. The van der Waals surface area contributed by atoms with Crippen LogP contribution in [-0.4, -0.2) is 32.5 Å². The molecule has 0 heterocycles. The van der Waals surface area contributed by atoms with Gasteiger partial charge in [0.1, 0.15) is 5.70 Å². The van der Waals surface area contributed by atoms with Crippen LogP contribution in [0.4, 0.5) is 23.2 Å². The molecule has 1 aromatic rings. The molecule has 0 bridgehead atoms. The highest BCUT2D eigenvalue weighted by atomic mass is 19.4. The Morgan fingerprint density at radius 3 is 2.35 bits per heavy atom. The van der Waals surface area contributed by atoms with Gasteiger partial charge in [-0.1, -0.05) is 6.07 Å². The maximum Gasteiger partial charge on any atom is 0.573 e. The number of alkyl halides is 3. The first kappa shape index (κ1) is 18.3. The molecule has 0 atom stereocenters. The molecule has 0 aromatic heterocycles. The van der Waals surface area contributed by atoms with Crippen LogP contribution in [-0.2, 0) is 19.1 Å². The van der Waals surface area contributed by atoms with Gasteiger partial charge < -0.3 is 19.5 Å². The van der Waals surface area contributed by atoms with E-state index in [1.165, 1.54) is 0 Å².